The minimum absolute atomic E-state index is 0.00333. The molecule has 2 rings (SSSR count). The fourth-order valence-corrected chi connectivity index (χ4v) is 3.17. The number of ether oxygens (including phenoxy) is 1. The maximum absolute atomic E-state index is 6.14. The lowest BCUT2D eigenvalue weighted by Gasteiger charge is -2.20. The fourth-order valence-electron chi connectivity index (χ4n) is 2.16. The second kappa shape index (κ2) is 7.02. The van der Waals surface area contributed by atoms with Crippen molar-refractivity contribution in [2.24, 2.45) is 0 Å². The van der Waals surface area contributed by atoms with Crippen LogP contribution in [0.4, 0.5) is 0 Å². The zero-order valence-electron chi connectivity index (χ0n) is 11.8. The van der Waals surface area contributed by atoms with Crippen molar-refractivity contribution in [1.29, 1.82) is 0 Å². The average molecular weight is 312 g/mol. The van der Waals surface area contributed by atoms with E-state index in [0.29, 0.717) is 5.02 Å². The molecule has 1 aromatic carbocycles. The summed E-state index contributed by atoms with van der Waals surface area (Å²) in [5, 5.41) is 8.36. The third-order valence-corrected chi connectivity index (χ3v) is 4.16. The second-order valence-electron chi connectivity index (χ2n) is 4.31. The van der Waals surface area contributed by atoms with E-state index in [2.05, 4.69) is 28.8 Å². The first-order valence-electron chi connectivity index (χ1n) is 6.59. The number of aryl methyl sites for hydroxylation is 1. The molecule has 0 aliphatic rings. The highest BCUT2D eigenvalue weighted by atomic mass is 35.5. The van der Waals surface area contributed by atoms with Gasteiger partial charge in [0.05, 0.1) is 23.7 Å². The summed E-state index contributed by atoms with van der Waals surface area (Å²) < 4.78 is 9.54. The normalized spacial score (nSPS) is 12.4. The van der Waals surface area contributed by atoms with Crippen LogP contribution in [0.5, 0.6) is 5.75 Å². The molecule has 1 heterocycles. The average Bonchev–Trinajstić information content (AvgIpc) is 2.93. The number of hydrogen-bond donors (Lipinski definition) is 1. The number of methoxy groups -OCH3 is 1. The zero-order valence-corrected chi connectivity index (χ0v) is 13.4. The van der Waals surface area contributed by atoms with E-state index < -0.39 is 0 Å². The highest BCUT2D eigenvalue weighted by Crippen LogP contribution is 2.34. The summed E-state index contributed by atoms with van der Waals surface area (Å²) in [6.45, 7) is 4.99. The van der Waals surface area contributed by atoms with Crippen LogP contribution in [0.15, 0.2) is 18.2 Å². The largest absolute Gasteiger partial charge is 0.496 e. The van der Waals surface area contributed by atoms with Crippen LogP contribution < -0.4 is 10.1 Å². The van der Waals surface area contributed by atoms with Crippen LogP contribution in [0.1, 0.15) is 36.0 Å². The van der Waals surface area contributed by atoms with Crippen molar-refractivity contribution in [3.63, 3.8) is 0 Å². The molecule has 0 saturated carbocycles. The lowest BCUT2D eigenvalue weighted by Crippen LogP contribution is -2.22. The highest BCUT2D eigenvalue weighted by molar-refractivity contribution is 7.05. The molecule has 0 bridgehead atoms. The van der Waals surface area contributed by atoms with Gasteiger partial charge in [0.25, 0.3) is 0 Å². The Kier molecular flexibility index (Phi) is 5.34. The summed E-state index contributed by atoms with van der Waals surface area (Å²) in [5.41, 5.74) is 2.03. The Balaban J connectivity index is 2.50. The summed E-state index contributed by atoms with van der Waals surface area (Å²) in [4.78, 5) is 1.12. The van der Waals surface area contributed by atoms with Crippen LogP contribution in [0.2, 0.25) is 5.02 Å². The Bertz CT molecular complexity index is 573. The second-order valence-corrected chi connectivity index (χ2v) is 5.54. The Morgan fingerprint density at radius 3 is 2.85 bits per heavy atom. The lowest BCUT2D eigenvalue weighted by atomic mass is 10.0. The van der Waals surface area contributed by atoms with Gasteiger partial charge in [-0.2, -0.15) is 0 Å². The minimum atomic E-state index is 0.00333. The van der Waals surface area contributed by atoms with Gasteiger partial charge in [0.1, 0.15) is 5.75 Å². The van der Waals surface area contributed by atoms with Gasteiger partial charge < -0.3 is 10.1 Å². The molecular weight excluding hydrogens is 294 g/mol. The standard InChI is InChI=1S/C14H18ClN3OS/c1-4-11-14(20-18-17-11)13(16-5-2)10-8-9(15)6-7-12(10)19-3/h6-8,13,16H,4-5H2,1-3H3. The van der Waals surface area contributed by atoms with Gasteiger partial charge in [-0.1, -0.05) is 29.9 Å². The summed E-state index contributed by atoms with van der Waals surface area (Å²) in [7, 11) is 1.67. The summed E-state index contributed by atoms with van der Waals surface area (Å²) in [6.07, 6.45) is 0.858. The zero-order chi connectivity index (χ0) is 14.5. The van der Waals surface area contributed by atoms with Crippen molar-refractivity contribution in [3.8, 4) is 5.75 Å². The molecule has 0 saturated heterocycles. The maximum atomic E-state index is 6.14. The molecule has 0 spiro atoms. The van der Waals surface area contributed by atoms with Crippen LogP contribution in [0, 0.1) is 0 Å². The molecule has 4 nitrogen and oxygen atoms in total. The maximum Gasteiger partial charge on any atom is 0.124 e. The van der Waals surface area contributed by atoms with Gasteiger partial charge in [-0.05, 0) is 42.7 Å². The number of rotatable bonds is 6. The molecule has 1 atom stereocenters. The fraction of sp³-hybridized carbons (Fsp3) is 0.429. The monoisotopic (exact) mass is 311 g/mol. The van der Waals surface area contributed by atoms with Gasteiger partial charge in [0.15, 0.2) is 0 Å². The third kappa shape index (κ3) is 3.11. The number of benzene rings is 1. The molecule has 0 radical (unpaired) electrons. The van der Waals surface area contributed by atoms with Crippen molar-refractivity contribution in [2.75, 3.05) is 13.7 Å². The smallest absolute Gasteiger partial charge is 0.124 e. The quantitative estimate of drug-likeness (QED) is 0.887. The van der Waals surface area contributed by atoms with E-state index in [1.807, 2.05) is 18.2 Å². The molecule has 20 heavy (non-hydrogen) atoms. The Labute approximate surface area is 128 Å². The number of halogens is 1. The van der Waals surface area contributed by atoms with E-state index >= 15 is 0 Å². The van der Waals surface area contributed by atoms with E-state index in [9.17, 15) is 0 Å². The molecule has 108 valence electrons. The van der Waals surface area contributed by atoms with Crippen LogP contribution >= 0.6 is 23.1 Å². The van der Waals surface area contributed by atoms with Crippen LogP contribution in [0.25, 0.3) is 0 Å². The van der Waals surface area contributed by atoms with Crippen molar-refractivity contribution < 1.29 is 4.74 Å². The first kappa shape index (κ1) is 15.2. The van der Waals surface area contributed by atoms with E-state index in [1.165, 1.54) is 11.5 Å². The predicted octanol–water partition coefficient (Wildman–Crippen LogP) is 3.46. The molecule has 0 aliphatic heterocycles. The third-order valence-electron chi connectivity index (χ3n) is 3.09. The van der Waals surface area contributed by atoms with Gasteiger partial charge in [-0.3, -0.25) is 0 Å². The van der Waals surface area contributed by atoms with Gasteiger partial charge in [-0.25, -0.2) is 0 Å². The molecule has 1 unspecified atom stereocenters. The number of hydrogen-bond acceptors (Lipinski definition) is 5. The van der Waals surface area contributed by atoms with Gasteiger partial charge in [0.2, 0.25) is 0 Å². The molecule has 1 N–H and O–H groups in total. The molecular formula is C14H18ClN3OS. The van der Waals surface area contributed by atoms with Crippen LogP contribution in [-0.4, -0.2) is 23.2 Å². The van der Waals surface area contributed by atoms with E-state index in [0.717, 1.165) is 34.8 Å². The van der Waals surface area contributed by atoms with E-state index in [1.54, 1.807) is 7.11 Å². The first-order chi connectivity index (χ1) is 9.71. The SMILES string of the molecule is CCNC(c1cc(Cl)ccc1OC)c1snnc1CC. The Morgan fingerprint density at radius 1 is 1.40 bits per heavy atom. The highest BCUT2D eigenvalue weighted by Gasteiger charge is 2.23. The molecule has 2 aromatic rings. The van der Waals surface area contributed by atoms with E-state index in [4.69, 9.17) is 16.3 Å². The lowest BCUT2D eigenvalue weighted by molar-refractivity contribution is 0.404. The molecule has 1 aromatic heterocycles. The number of aromatic nitrogens is 2. The van der Waals surface area contributed by atoms with Crippen molar-refractivity contribution >= 4 is 23.1 Å². The molecule has 0 fully saturated rings. The van der Waals surface area contributed by atoms with Crippen molar-refractivity contribution in [3.05, 3.63) is 39.4 Å². The van der Waals surface area contributed by atoms with Crippen molar-refractivity contribution in [1.82, 2.24) is 14.9 Å². The number of nitrogens with zero attached hydrogens (tertiary/aromatic N) is 2. The molecule has 0 amide bonds. The number of nitrogens with one attached hydrogen (secondary N) is 1. The van der Waals surface area contributed by atoms with Gasteiger partial charge in [0, 0.05) is 10.6 Å². The van der Waals surface area contributed by atoms with Crippen molar-refractivity contribution in [2.45, 2.75) is 26.3 Å². The van der Waals surface area contributed by atoms with Crippen LogP contribution in [0.3, 0.4) is 0 Å². The van der Waals surface area contributed by atoms with E-state index in [-0.39, 0.29) is 6.04 Å². The van der Waals surface area contributed by atoms with Gasteiger partial charge >= 0.3 is 0 Å². The Hall–Kier alpha value is -1.17. The first-order valence-corrected chi connectivity index (χ1v) is 7.74. The predicted molar refractivity (Wildman–Crippen MR) is 82.8 cm³/mol. The Morgan fingerprint density at radius 2 is 2.20 bits per heavy atom. The molecule has 0 aliphatic carbocycles. The summed E-state index contributed by atoms with van der Waals surface area (Å²) in [6, 6.07) is 5.66. The minimum Gasteiger partial charge on any atom is -0.496 e. The summed E-state index contributed by atoms with van der Waals surface area (Å²) in [5.74, 6) is 0.816. The molecule has 6 heteroatoms. The summed E-state index contributed by atoms with van der Waals surface area (Å²) >= 11 is 7.56. The van der Waals surface area contributed by atoms with Crippen LogP contribution in [-0.2, 0) is 6.42 Å². The van der Waals surface area contributed by atoms with Gasteiger partial charge in [-0.15, -0.1) is 5.10 Å². The topological polar surface area (TPSA) is 47.0 Å².